The van der Waals surface area contributed by atoms with E-state index in [1.54, 1.807) is 0 Å². The smallest absolute Gasteiger partial charge is 0.342 e. The molecule has 0 aromatic heterocycles. The molecule has 0 bridgehead atoms. The van der Waals surface area contributed by atoms with E-state index in [0.29, 0.717) is 5.69 Å². The fourth-order valence-corrected chi connectivity index (χ4v) is 1.92. The highest BCUT2D eigenvalue weighted by Gasteiger charge is 2.19. The molecular formula is C16H14N2O7. The summed E-state index contributed by atoms with van der Waals surface area (Å²) in [5.74, 6) is -1.40. The van der Waals surface area contributed by atoms with Crippen molar-refractivity contribution in [2.24, 2.45) is 0 Å². The predicted molar refractivity (Wildman–Crippen MR) is 86.7 cm³/mol. The van der Waals surface area contributed by atoms with Gasteiger partial charge in [0.25, 0.3) is 11.6 Å². The van der Waals surface area contributed by atoms with Gasteiger partial charge >= 0.3 is 5.97 Å². The average Bonchev–Trinajstić information content (AvgIpc) is 2.61. The molecule has 130 valence electrons. The quantitative estimate of drug-likeness (QED) is 0.355. The number of nitro benzene ring substituents is 1. The zero-order chi connectivity index (χ0) is 18.4. The Morgan fingerprint density at radius 3 is 2.48 bits per heavy atom. The zero-order valence-corrected chi connectivity index (χ0v) is 13.1. The lowest BCUT2D eigenvalue weighted by Crippen LogP contribution is -2.21. The van der Waals surface area contributed by atoms with Crippen LogP contribution in [0.25, 0.3) is 0 Å². The number of phenolic OH excluding ortho intramolecular Hbond substituents is 1. The number of anilines is 1. The molecule has 0 fully saturated rings. The normalized spacial score (nSPS) is 9.96. The number of rotatable bonds is 6. The minimum atomic E-state index is -0.929. The van der Waals surface area contributed by atoms with E-state index in [-0.39, 0.29) is 22.7 Å². The molecule has 0 heterocycles. The summed E-state index contributed by atoms with van der Waals surface area (Å²) >= 11 is 0. The number of hydrogen-bond donors (Lipinski definition) is 2. The number of benzene rings is 2. The van der Waals surface area contributed by atoms with Crippen molar-refractivity contribution in [2.45, 2.75) is 0 Å². The summed E-state index contributed by atoms with van der Waals surface area (Å²) in [6.07, 6.45) is 0. The molecule has 2 aromatic rings. The van der Waals surface area contributed by atoms with E-state index in [4.69, 9.17) is 14.6 Å². The first-order chi connectivity index (χ1) is 11.9. The van der Waals surface area contributed by atoms with Crippen LogP contribution in [0.1, 0.15) is 10.4 Å². The lowest BCUT2D eigenvalue weighted by molar-refractivity contribution is -0.384. The molecule has 0 saturated carbocycles. The standard InChI is InChI=1S/C16H14N2O7/c1-24-14-7-4-11(18(22)23)8-13(14)16(21)25-9-15(20)17-10-2-5-12(19)6-3-10/h2-8,19H,9H2,1H3,(H,17,20). The van der Waals surface area contributed by atoms with Gasteiger partial charge in [0.05, 0.1) is 12.0 Å². The topological polar surface area (TPSA) is 128 Å². The SMILES string of the molecule is COc1ccc([N+](=O)[O-])cc1C(=O)OCC(=O)Nc1ccc(O)cc1. The number of nitrogens with zero attached hydrogens (tertiary/aromatic N) is 1. The van der Waals surface area contributed by atoms with Crippen molar-refractivity contribution in [3.8, 4) is 11.5 Å². The van der Waals surface area contributed by atoms with Gasteiger partial charge in [-0.3, -0.25) is 14.9 Å². The van der Waals surface area contributed by atoms with Crippen molar-refractivity contribution in [1.29, 1.82) is 0 Å². The molecule has 0 radical (unpaired) electrons. The lowest BCUT2D eigenvalue weighted by Gasteiger charge is -2.09. The summed E-state index contributed by atoms with van der Waals surface area (Å²) < 4.78 is 9.83. The van der Waals surface area contributed by atoms with Crippen molar-refractivity contribution in [2.75, 3.05) is 19.0 Å². The largest absolute Gasteiger partial charge is 0.508 e. The van der Waals surface area contributed by atoms with Crippen molar-refractivity contribution < 1.29 is 29.1 Å². The molecule has 2 rings (SSSR count). The Morgan fingerprint density at radius 1 is 1.20 bits per heavy atom. The summed E-state index contributed by atoms with van der Waals surface area (Å²) in [6, 6.07) is 9.18. The van der Waals surface area contributed by atoms with E-state index in [0.717, 1.165) is 6.07 Å². The van der Waals surface area contributed by atoms with Gasteiger partial charge in [0.15, 0.2) is 6.61 Å². The van der Waals surface area contributed by atoms with E-state index in [1.807, 2.05) is 0 Å². The molecule has 0 aliphatic rings. The number of hydrogen-bond acceptors (Lipinski definition) is 7. The molecule has 2 aromatic carbocycles. The van der Waals surface area contributed by atoms with Crippen molar-refractivity contribution in [1.82, 2.24) is 0 Å². The molecule has 0 aliphatic carbocycles. The van der Waals surface area contributed by atoms with Crippen LogP contribution in [-0.4, -0.2) is 35.6 Å². The van der Waals surface area contributed by atoms with Crippen molar-refractivity contribution in [3.05, 3.63) is 58.1 Å². The molecule has 25 heavy (non-hydrogen) atoms. The average molecular weight is 346 g/mol. The maximum absolute atomic E-state index is 12.1. The van der Waals surface area contributed by atoms with Gasteiger partial charge in [-0.1, -0.05) is 0 Å². The summed E-state index contributed by atoms with van der Waals surface area (Å²) in [6.45, 7) is -0.592. The number of carbonyl (C=O) groups is 2. The number of nitrogens with one attached hydrogen (secondary N) is 1. The molecule has 0 spiro atoms. The number of aromatic hydroxyl groups is 1. The van der Waals surface area contributed by atoms with E-state index < -0.39 is 23.4 Å². The van der Waals surface area contributed by atoms with E-state index in [2.05, 4.69) is 5.32 Å². The lowest BCUT2D eigenvalue weighted by atomic mass is 10.2. The Kier molecular flexibility index (Phi) is 5.51. The molecule has 1 amide bonds. The highest BCUT2D eigenvalue weighted by atomic mass is 16.6. The molecular weight excluding hydrogens is 332 g/mol. The summed E-state index contributed by atoms with van der Waals surface area (Å²) in [5, 5.41) is 22.4. The Hall–Kier alpha value is -3.62. The number of ether oxygens (including phenoxy) is 2. The van der Waals surface area contributed by atoms with Gasteiger partial charge in [0, 0.05) is 17.8 Å². The maximum atomic E-state index is 12.1. The van der Waals surface area contributed by atoms with E-state index in [1.165, 1.54) is 43.5 Å². The van der Waals surface area contributed by atoms with Crippen LogP contribution in [-0.2, 0) is 9.53 Å². The molecule has 0 saturated heterocycles. The highest BCUT2D eigenvalue weighted by molar-refractivity contribution is 5.97. The van der Waals surface area contributed by atoms with E-state index in [9.17, 15) is 19.7 Å². The third-order valence-electron chi connectivity index (χ3n) is 3.10. The summed E-state index contributed by atoms with van der Waals surface area (Å²) in [7, 11) is 1.30. The maximum Gasteiger partial charge on any atom is 0.342 e. The van der Waals surface area contributed by atoms with Crippen LogP contribution in [0.5, 0.6) is 11.5 Å². The Balaban J connectivity index is 2.01. The second-order valence-electron chi connectivity index (χ2n) is 4.81. The predicted octanol–water partition coefficient (Wildman–Crippen LogP) is 2.10. The molecule has 0 aliphatic heterocycles. The van der Waals surface area contributed by atoms with Crippen LogP contribution in [0.2, 0.25) is 0 Å². The number of amides is 1. The van der Waals surface area contributed by atoms with Crippen LogP contribution in [0, 0.1) is 10.1 Å². The Bertz CT molecular complexity index is 803. The Morgan fingerprint density at radius 2 is 1.88 bits per heavy atom. The highest BCUT2D eigenvalue weighted by Crippen LogP contribution is 2.24. The molecule has 0 unspecified atom stereocenters. The van der Waals surface area contributed by atoms with E-state index >= 15 is 0 Å². The van der Waals surface area contributed by atoms with Crippen LogP contribution in [0.15, 0.2) is 42.5 Å². The van der Waals surface area contributed by atoms with Crippen LogP contribution < -0.4 is 10.1 Å². The molecule has 2 N–H and O–H groups in total. The van der Waals surface area contributed by atoms with Gasteiger partial charge in [0.1, 0.15) is 17.1 Å². The van der Waals surface area contributed by atoms with Crippen LogP contribution in [0.4, 0.5) is 11.4 Å². The number of carbonyl (C=O) groups excluding carboxylic acids is 2. The van der Waals surface area contributed by atoms with Gasteiger partial charge in [-0.05, 0) is 30.3 Å². The number of esters is 1. The number of nitro groups is 1. The first kappa shape index (κ1) is 17.7. The van der Waals surface area contributed by atoms with Crippen molar-refractivity contribution >= 4 is 23.3 Å². The van der Waals surface area contributed by atoms with Gasteiger partial charge in [0.2, 0.25) is 0 Å². The van der Waals surface area contributed by atoms with Crippen molar-refractivity contribution in [3.63, 3.8) is 0 Å². The summed E-state index contributed by atoms with van der Waals surface area (Å²) in [5.41, 5.74) is -0.0535. The third kappa shape index (κ3) is 4.67. The second kappa shape index (κ2) is 7.77. The Labute approximate surface area is 141 Å². The van der Waals surface area contributed by atoms with Gasteiger partial charge in [-0.15, -0.1) is 0 Å². The van der Waals surface area contributed by atoms with Crippen LogP contribution in [0.3, 0.4) is 0 Å². The number of phenols is 1. The number of non-ortho nitro benzene ring substituents is 1. The monoisotopic (exact) mass is 346 g/mol. The molecule has 0 atom stereocenters. The second-order valence-corrected chi connectivity index (χ2v) is 4.81. The fraction of sp³-hybridized carbons (Fsp3) is 0.125. The third-order valence-corrected chi connectivity index (χ3v) is 3.10. The molecule has 9 heteroatoms. The molecule has 9 nitrogen and oxygen atoms in total. The first-order valence-electron chi connectivity index (χ1n) is 6.99. The van der Waals surface area contributed by atoms with Gasteiger partial charge < -0.3 is 19.9 Å². The minimum absolute atomic E-state index is 0.0437. The minimum Gasteiger partial charge on any atom is -0.508 e. The van der Waals surface area contributed by atoms with Gasteiger partial charge in [-0.2, -0.15) is 0 Å². The zero-order valence-electron chi connectivity index (χ0n) is 13.1. The summed E-state index contributed by atoms with van der Waals surface area (Å²) in [4.78, 5) is 34.0. The van der Waals surface area contributed by atoms with Gasteiger partial charge in [-0.25, -0.2) is 4.79 Å². The fourth-order valence-electron chi connectivity index (χ4n) is 1.92. The number of methoxy groups -OCH3 is 1. The van der Waals surface area contributed by atoms with Crippen LogP contribution >= 0.6 is 0 Å². The first-order valence-corrected chi connectivity index (χ1v) is 6.99.